The van der Waals surface area contributed by atoms with Gasteiger partial charge in [0.05, 0.1) is 0 Å². The van der Waals surface area contributed by atoms with Crippen molar-refractivity contribution < 1.29 is 4.79 Å². The fourth-order valence-electron chi connectivity index (χ4n) is 8.35. The Morgan fingerprint density at radius 3 is 2.78 bits per heavy atom. The molecule has 0 N–H and O–H groups in total. The monoisotopic (exact) mass is 311 g/mol. The van der Waals surface area contributed by atoms with Crippen LogP contribution in [0.5, 0.6) is 0 Å². The second kappa shape index (κ2) is 4.43. The number of piperidine rings is 1. The lowest BCUT2D eigenvalue weighted by Gasteiger charge is -2.50. The van der Waals surface area contributed by atoms with E-state index in [1.165, 1.54) is 64.2 Å². The van der Waals surface area contributed by atoms with Crippen LogP contribution in [0.3, 0.4) is 0 Å². The second-order valence-electron chi connectivity index (χ2n) is 9.60. The van der Waals surface area contributed by atoms with Gasteiger partial charge in [0.1, 0.15) is 0 Å². The molecule has 5 fully saturated rings. The maximum atomic E-state index is 13.6. The first kappa shape index (κ1) is 13.5. The Morgan fingerprint density at radius 2 is 1.91 bits per heavy atom. The van der Waals surface area contributed by atoms with Gasteiger partial charge in [0.2, 0.25) is 5.91 Å². The van der Waals surface area contributed by atoms with E-state index in [4.69, 9.17) is 0 Å². The summed E-state index contributed by atoms with van der Waals surface area (Å²) in [7, 11) is 0. The van der Waals surface area contributed by atoms with Crippen LogP contribution in [-0.4, -0.2) is 23.4 Å². The topological polar surface area (TPSA) is 20.3 Å². The molecule has 0 aromatic rings. The molecule has 2 nitrogen and oxygen atoms in total. The average molecular weight is 311 g/mol. The molecule has 124 valence electrons. The van der Waals surface area contributed by atoms with E-state index in [1.807, 2.05) is 0 Å². The zero-order valence-corrected chi connectivity index (χ0v) is 14.2. The SMILES string of the molecule is O=C1C2C(CCN1C1CCCCC1)C1CC23CC2=CCC1C3C2. The number of fused-ring (bicyclic) bond motifs is 5. The van der Waals surface area contributed by atoms with E-state index in [0.717, 1.165) is 30.2 Å². The lowest BCUT2D eigenvalue weighted by Crippen LogP contribution is -2.56. The van der Waals surface area contributed by atoms with E-state index in [1.54, 1.807) is 5.57 Å². The van der Waals surface area contributed by atoms with Gasteiger partial charge in [-0.15, -0.1) is 0 Å². The molecule has 1 saturated heterocycles. The molecule has 23 heavy (non-hydrogen) atoms. The molecule has 4 saturated carbocycles. The molecule has 0 aromatic carbocycles. The van der Waals surface area contributed by atoms with Crippen LogP contribution in [0.25, 0.3) is 0 Å². The zero-order chi connectivity index (χ0) is 15.2. The van der Waals surface area contributed by atoms with E-state index >= 15 is 0 Å². The number of nitrogens with zero attached hydrogens (tertiary/aromatic N) is 1. The van der Waals surface area contributed by atoms with E-state index in [-0.39, 0.29) is 0 Å². The first-order valence-corrected chi connectivity index (χ1v) is 10.3. The smallest absolute Gasteiger partial charge is 0.226 e. The van der Waals surface area contributed by atoms with Crippen molar-refractivity contribution in [3.8, 4) is 0 Å². The van der Waals surface area contributed by atoms with Crippen molar-refractivity contribution in [1.82, 2.24) is 4.90 Å². The van der Waals surface area contributed by atoms with E-state index in [0.29, 0.717) is 23.3 Å². The van der Waals surface area contributed by atoms with Crippen LogP contribution in [0.1, 0.15) is 64.2 Å². The summed E-state index contributed by atoms with van der Waals surface area (Å²) in [6, 6.07) is 0.587. The van der Waals surface area contributed by atoms with Crippen molar-refractivity contribution in [3.05, 3.63) is 11.6 Å². The van der Waals surface area contributed by atoms with Gasteiger partial charge in [-0.3, -0.25) is 4.79 Å². The Labute approximate surface area is 139 Å². The van der Waals surface area contributed by atoms with Crippen molar-refractivity contribution in [2.75, 3.05) is 6.54 Å². The normalized spacial score (nSPS) is 51.1. The molecule has 6 aliphatic rings. The van der Waals surface area contributed by atoms with Crippen molar-refractivity contribution in [3.63, 3.8) is 0 Å². The molecule has 0 radical (unpaired) electrons. The van der Waals surface area contributed by atoms with Crippen molar-refractivity contribution in [2.45, 2.75) is 70.3 Å². The van der Waals surface area contributed by atoms with Gasteiger partial charge in [0, 0.05) is 18.5 Å². The Balaban J connectivity index is 1.36. The van der Waals surface area contributed by atoms with Gasteiger partial charge in [-0.1, -0.05) is 30.9 Å². The number of hydrogen-bond acceptors (Lipinski definition) is 1. The molecule has 2 heteroatoms. The number of amides is 1. The summed E-state index contributed by atoms with van der Waals surface area (Å²) >= 11 is 0. The molecule has 1 heterocycles. The number of rotatable bonds is 1. The molecule has 6 rings (SSSR count). The zero-order valence-electron chi connectivity index (χ0n) is 14.2. The van der Waals surface area contributed by atoms with Crippen LogP contribution in [0.15, 0.2) is 11.6 Å². The third kappa shape index (κ3) is 1.54. The lowest BCUT2D eigenvalue weighted by atomic mass is 9.59. The van der Waals surface area contributed by atoms with Crippen LogP contribution in [0.2, 0.25) is 0 Å². The third-order valence-corrected chi connectivity index (χ3v) is 9.00. The molecule has 1 amide bonds. The number of carbonyl (C=O) groups excluding carboxylic acids is 1. The van der Waals surface area contributed by atoms with Crippen molar-refractivity contribution >= 4 is 5.91 Å². The fraction of sp³-hybridized carbons (Fsp3) is 0.857. The molecular weight excluding hydrogens is 282 g/mol. The van der Waals surface area contributed by atoms with E-state index in [2.05, 4.69) is 11.0 Å². The summed E-state index contributed by atoms with van der Waals surface area (Å²) in [6.07, 6.45) is 15.9. The molecule has 6 atom stereocenters. The van der Waals surface area contributed by atoms with E-state index in [9.17, 15) is 4.79 Å². The maximum absolute atomic E-state index is 13.6. The molecule has 1 aliphatic heterocycles. The highest BCUT2D eigenvalue weighted by Gasteiger charge is 2.71. The number of carbonyl (C=O) groups is 1. The van der Waals surface area contributed by atoms with Crippen molar-refractivity contribution in [2.24, 2.45) is 35.0 Å². The summed E-state index contributed by atoms with van der Waals surface area (Å²) < 4.78 is 0. The third-order valence-electron chi connectivity index (χ3n) is 9.00. The predicted octanol–water partition coefficient (Wildman–Crippen LogP) is 4.16. The Hall–Kier alpha value is -0.790. The van der Waals surface area contributed by atoms with Gasteiger partial charge in [-0.05, 0) is 74.0 Å². The maximum Gasteiger partial charge on any atom is 0.226 e. The molecule has 4 bridgehead atoms. The van der Waals surface area contributed by atoms with Crippen molar-refractivity contribution in [1.29, 1.82) is 0 Å². The molecule has 6 unspecified atom stereocenters. The number of hydrogen-bond donors (Lipinski definition) is 0. The lowest BCUT2D eigenvalue weighted by molar-refractivity contribution is -0.153. The van der Waals surface area contributed by atoms with Crippen LogP contribution in [0, 0.1) is 35.0 Å². The Morgan fingerprint density at radius 1 is 1.04 bits per heavy atom. The molecule has 5 aliphatic carbocycles. The quantitative estimate of drug-likeness (QED) is 0.666. The van der Waals surface area contributed by atoms with Crippen LogP contribution in [-0.2, 0) is 4.79 Å². The summed E-state index contributed by atoms with van der Waals surface area (Å²) in [5.41, 5.74) is 2.13. The molecular formula is C21H29NO. The number of likely N-dealkylation sites (tertiary alicyclic amines) is 1. The van der Waals surface area contributed by atoms with Crippen LogP contribution >= 0.6 is 0 Å². The van der Waals surface area contributed by atoms with Gasteiger partial charge < -0.3 is 4.90 Å². The minimum absolute atomic E-state index is 0.409. The number of allylic oxidation sites excluding steroid dienone is 2. The first-order valence-electron chi connectivity index (χ1n) is 10.3. The first-order chi connectivity index (χ1) is 11.3. The molecule has 1 spiro atoms. The van der Waals surface area contributed by atoms with Gasteiger partial charge in [0.15, 0.2) is 0 Å². The highest BCUT2D eigenvalue weighted by Crippen LogP contribution is 2.75. The summed E-state index contributed by atoms with van der Waals surface area (Å²) in [5.74, 6) is 4.46. The minimum Gasteiger partial charge on any atom is -0.339 e. The van der Waals surface area contributed by atoms with Gasteiger partial charge in [-0.2, -0.15) is 0 Å². The summed E-state index contributed by atoms with van der Waals surface area (Å²) in [6.45, 7) is 1.08. The van der Waals surface area contributed by atoms with Crippen LogP contribution < -0.4 is 0 Å². The minimum atomic E-state index is 0.409. The summed E-state index contributed by atoms with van der Waals surface area (Å²) in [5, 5.41) is 0. The summed E-state index contributed by atoms with van der Waals surface area (Å²) in [4.78, 5) is 16.0. The van der Waals surface area contributed by atoms with E-state index < -0.39 is 0 Å². The van der Waals surface area contributed by atoms with Gasteiger partial charge >= 0.3 is 0 Å². The largest absolute Gasteiger partial charge is 0.339 e. The molecule has 0 aromatic heterocycles. The van der Waals surface area contributed by atoms with Crippen LogP contribution in [0.4, 0.5) is 0 Å². The average Bonchev–Trinajstić information content (AvgIpc) is 3.17. The fourth-order valence-corrected chi connectivity index (χ4v) is 8.35. The highest BCUT2D eigenvalue weighted by molar-refractivity contribution is 5.82. The Kier molecular flexibility index (Phi) is 2.60. The predicted molar refractivity (Wildman–Crippen MR) is 89.6 cm³/mol. The van der Waals surface area contributed by atoms with Gasteiger partial charge in [-0.25, -0.2) is 0 Å². The highest BCUT2D eigenvalue weighted by atomic mass is 16.2. The standard InChI is InChI=1S/C21H29NO/c23-20-19-16(8-9-22(20)14-4-2-1-3-5-14)17-12-21(19)11-13-6-7-15(17)18(21)10-13/h6,14-19H,1-5,7-12H2. The Bertz CT molecular complexity index is 589. The van der Waals surface area contributed by atoms with Gasteiger partial charge in [0.25, 0.3) is 0 Å². The second-order valence-corrected chi connectivity index (χ2v) is 9.60.